The van der Waals surface area contributed by atoms with E-state index in [1.807, 2.05) is 63.2 Å². The molecular formula is C26H36N2O3. The van der Waals surface area contributed by atoms with Gasteiger partial charge in [0, 0.05) is 19.5 Å². The van der Waals surface area contributed by atoms with Crippen LogP contribution in [0.2, 0.25) is 0 Å². The maximum Gasteiger partial charge on any atom is 0.242 e. The van der Waals surface area contributed by atoms with E-state index in [1.54, 1.807) is 4.90 Å². The predicted octanol–water partition coefficient (Wildman–Crippen LogP) is 4.53. The van der Waals surface area contributed by atoms with Gasteiger partial charge >= 0.3 is 0 Å². The first-order chi connectivity index (χ1) is 15.0. The summed E-state index contributed by atoms with van der Waals surface area (Å²) in [6.45, 7) is 7.64. The smallest absolute Gasteiger partial charge is 0.242 e. The number of nitrogens with one attached hydrogen (secondary N) is 1. The van der Waals surface area contributed by atoms with Crippen LogP contribution in [0, 0.1) is 6.92 Å². The molecule has 2 aromatic rings. The van der Waals surface area contributed by atoms with Crippen molar-refractivity contribution < 1.29 is 14.3 Å². The van der Waals surface area contributed by atoms with E-state index in [9.17, 15) is 9.59 Å². The highest BCUT2D eigenvalue weighted by Gasteiger charge is 2.27. The van der Waals surface area contributed by atoms with Crippen molar-refractivity contribution in [2.24, 2.45) is 0 Å². The first-order valence-electron chi connectivity index (χ1n) is 11.4. The van der Waals surface area contributed by atoms with E-state index >= 15 is 0 Å². The first kappa shape index (κ1) is 24.4. The number of hydrogen-bond acceptors (Lipinski definition) is 3. The van der Waals surface area contributed by atoms with E-state index < -0.39 is 6.04 Å². The lowest BCUT2D eigenvalue weighted by atomic mass is 10.1. The zero-order valence-corrected chi connectivity index (χ0v) is 19.1. The summed E-state index contributed by atoms with van der Waals surface area (Å²) in [5, 5.41) is 2.95. The Morgan fingerprint density at radius 1 is 1.03 bits per heavy atom. The Balaban J connectivity index is 1.96. The van der Waals surface area contributed by atoms with Crippen LogP contribution in [-0.2, 0) is 16.0 Å². The Morgan fingerprint density at radius 3 is 2.39 bits per heavy atom. The number of carbonyl (C=O) groups excluding carboxylic acids is 2. The van der Waals surface area contributed by atoms with Crippen LogP contribution in [-0.4, -0.2) is 42.5 Å². The van der Waals surface area contributed by atoms with Gasteiger partial charge < -0.3 is 15.0 Å². The van der Waals surface area contributed by atoms with E-state index in [0.29, 0.717) is 39.0 Å². The lowest BCUT2D eigenvalue weighted by molar-refractivity contribution is -0.140. The number of ether oxygens (including phenoxy) is 1. The van der Waals surface area contributed by atoms with Gasteiger partial charge in [0.15, 0.2) is 0 Å². The van der Waals surface area contributed by atoms with Gasteiger partial charge in [0.2, 0.25) is 11.8 Å². The third-order valence-corrected chi connectivity index (χ3v) is 5.24. The molecule has 0 aromatic heterocycles. The predicted molar refractivity (Wildman–Crippen MR) is 125 cm³/mol. The number of aryl methyl sites for hydroxylation is 1. The van der Waals surface area contributed by atoms with Crippen LogP contribution < -0.4 is 10.1 Å². The highest BCUT2D eigenvalue weighted by atomic mass is 16.5. The fourth-order valence-electron chi connectivity index (χ4n) is 3.45. The third-order valence-electron chi connectivity index (χ3n) is 5.24. The quantitative estimate of drug-likeness (QED) is 0.481. The van der Waals surface area contributed by atoms with Crippen LogP contribution >= 0.6 is 0 Å². The monoisotopic (exact) mass is 424 g/mol. The second-order valence-corrected chi connectivity index (χ2v) is 7.80. The van der Waals surface area contributed by atoms with E-state index in [1.165, 1.54) is 5.56 Å². The molecule has 2 amide bonds. The van der Waals surface area contributed by atoms with Gasteiger partial charge in [-0.3, -0.25) is 9.59 Å². The molecule has 2 rings (SSSR count). The van der Waals surface area contributed by atoms with Crippen molar-refractivity contribution in [3.8, 4) is 5.75 Å². The Kier molecular flexibility index (Phi) is 10.6. The minimum absolute atomic E-state index is 0.00179. The van der Waals surface area contributed by atoms with Crippen molar-refractivity contribution in [1.82, 2.24) is 10.2 Å². The van der Waals surface area contributed by atoms with Crippen LogP contribution in [0.1, 0.15) is 50.7 Å². The second kappa shape index (κ2) is 13.5. The molecule has 5 nitrogen and oxygen atoms in total. The Hall–Kier alpha value is -2.82. The molecule has 0 spiro atoms. The molecule has 0 aliphatic carbocycles. The van der Waals surface area contributed by atoms with E-state index in [4.69, 9.17) is 4.74 Å². The number of nitrogens with zero attached hydrogens (tertiary/aromatic N) is 1. The SMILES string of the molecule is CCCNC(=O)[C@H](CC)N(CCc1ccccc1)C(=O)CCCOc1ccc(C)cc1. The lowest BCUT2D eigenvalue weighted by Crippen LogP contribution is -2.50. The van der Waals surface area contributed by atoms with Gasteiger partial charge in [-0.25, -0.2) is 0 Å². The maximum absolute atomic E-state index is 13.1. The summed E-state index contributed by atoms with van der Waals surface area (Å²) in [4.78, 5) is 27.5. The molecule has 0 radical (unpaired) electrons. The summed E-state index contributed by atoms with van der Waals surface area (Å²) in [6.07, 6.45) is 3.16. The molecular weight excluding hydrogens is 388 g/mol. The Morgan fingerprint density at radius 2 is 1.74 bits per heavy atom. The molecule has 0 heterocycles. The molecule has 0 saturated carbocycles. The van der Waals surface area contributed by atoms with Crippen LogP contribution in [0.4, 0.5) is 0 Å². The number of rotatable bonds is 13. The normalized spacial score (nSPS) is 11.6. The Bertz CT molecular complexity index is 790. The topological polar surface area (TPSA) is 58.6 Å². The van der Waals surface area contributed by atoms with Crippen molar-refractivity contribution in [2.75, 3.05) is 19.7 Å². The maximum atomic E-state index is 13.1. The summed E-state index contributed by atoms with van der Waals surface area (Å²) in [7, 11) is 0. The molecule has 31 heavy (non-hydrogen) atoms. The Labute approximate surface area is 186 Å². The largest absolute Gasteiger partial charge is 0.494 e. The fraction of sp³-hybridized carbons (Fsp3) is 0.462. The summed E-state index contributed by atoms with van der Waals surface area (Å²) < 4.78 is 5.76. The lowest BCUT2D eigenvalue weighted by Gasteiger charge is -2.30. The zero-order chi connectivity index (χ0) is 22.5. The standard InChI is InChI=1S/C26H36N2O3/c1-4-18-27-26(30)24(5-2)28(19-17-22-10-7-6-8-11-22)25(29)12-9-20-31-23-15-13-21(3)14-16-23/h6-8,10-11,13-16,24H,4-5,9,12,17-20H2,1-3H3,(H,27,30)/t24-/m0/s1. The van der Waals surface area contributed by atoms with Crippen LogP contribution in [0.25, 0.3) is 0 Å². The van der Waals surface area contributed by atoms with Crippen molar-refractivity contribution in [1.29, 1.82) is 0 Å². The van der Waals surface area contributed by atoms with Gasteiger partial charge in [-0.1, -0.05) is 61.9 Å². The highest BCUT2D eigenvalue weighted by Crippen LogP contribution is 2.14. The molecule has 2 aromatic carbocycles. The summed E-state index contributed by atoms with van der Waals surface area (Å²) in [5.74, 6) is 0.743. The summed E-state index contributed by atoms with van der Waals surface area (Å²) in [5.41, 5.74) is 2.34. The van der Waals surface area contributed by atoms with Gasteiger partial charge in [-0.2, -0.15) is 0 Å². The van der Waals surface area contributed by atoms with E-state index in [-0.39, 0.29) is 11.8 Å². The zero-order valence-electron chi connectivity index (χ0n) is 19.1. The van der Waals surface area contributed by atoms with Crippen LogP contribution in [0.3, 0.4) is 0 Å². The fourth-order valence-corrected chi connectivity index (χ4v) is 3.45. The average Bonchev–Trinajstić information content (AvgIpc) is 2.79. The van der Waals surface area contributed by atoms with Gasteiger partial charge in [0.25, 0.3) is 0 Å². The summed E-state index contributed by atoms with van der Waals surface area (Å²) in [6, 6.07) is 17.5. The number of carbonyl (C=O) groups is 2. The highest BCUT2D eigenvalue weighted by molar-refractivity contribution is 5.87. The van der Waals surface area contributed by atoms with E-state index in [0.717, 1.165) is 24.2 Å². The van der Waals surface area contributed by atoms with Crippen LogP contribution in [0.15, 0.2) is 54.6 Å². The molecule has 0 fully saturated rings. The van der Waals surface area contributed by atoms with Gasteiger partial charge in [0.05, 0.1) is 6.61 Å². The second-order valence-electron chi connectivity index (χ2n) is 7.80. The molecule has 0 unspecified atom stereocenters. The van der Waals surface area contributed by atoms with Gasteiger partial charge in [0.1, 0.15) is 11.8 Å². The molecule has 1 N–H and O–H groups in total. The number of hydrogen-bond donors (Lipinski definition) is 1. The molecule has 0 saturated heterocycles. The van der Waals surface area contributed by atoms with Crippen molar-refractivity contribution in [3.05, 3.63) is 65.7 Å². The van der Waals surface area contributed by atoms with Gasteiger partial charge in [-0.15, -0.1) is 0 Å². The van der Waals surface area contributed by atoms with Gasteiger partial charge in [-0.05, 0) is 50.3 Å². The molecule has 168 valence electrons. The first-order valence-corrected chi connectivity index (χ1v) is 11.4. The average molecular weight is 425 g/mol. The molecule has 0 bridgehead atoms. The van der Waals surface area contributed by atoms with Crippen molar-refractivity contribution >= 4 is 11.8 Å². The third kappa shape index (κ3) is 8.44. The summed E-state index contributed by atoms with van der Waals surface area (Å²) >= 11 is 0. The molecule has 5 heteroatoms. The van der Waals surface area contributed by atoms with E-state index in [2.05, 4.69) is 17.4 Å². The number of amides is 2. The van der Waals surface area contributed by atoms with Crippen molar-refractivity contribution in [2.45, 2.75) is 58.9 Å². The molecule has 1 atom stereocenters. The number of benzene rings is 2. The molecule has 0 aliphatic rings. The molecule has 0 aliphatic heterocycles. The van der Waals surface area contributed by atoms with Crippen LogP contribution in [0.5, 0.6) is 5.75 Å². The minimum Gasteiger partial charge on any atom is -0.494 e. The van der Waals surface area contributed by atoms with Crippen molar-refractivity contribution in [3.63, 3.8) is 0 Å². The minimum atomic E-state index is -0.444.